The molecule has 0 amide bonds. The van der Waals surface area contributed by atoms with Gasteiger partial charge in [-0.15, -0.1) is 12.6 Å². The summed E-state index contributed by atoms with van der Waals surface area (Å²) in [5.41, 5.74) is 3.68. The number of aliphatic carboxylic acids is 2. The molecule has 0 saturated heterocycles. The number of carboxylic acid groups (broad SMARTS) is 2. The number of nitrogens with zero attached hydrogens (tertiary/aromatic N) is 1. The summed E-state index contributed by atoms with van der Waals surface area (Å²) in [6.45, 7) is 1.21. The normalized spacial score (nSPS) is 10.8. The fourth-order valence-electron chi connectivity index (χ4n) is 4.51. The number of para-hydroxylation sites is 2. The number of carbonyl (C=O) groups is 2. The Balaban J connectivity index is 0.000000375. The molecule has 5 aromatic rings. The van der Waals surface area contributed by atoms with Crippen LogP contribution in [0.25, 0.3) is 23.1 Å². The van der Waals surface area contributed by atoms with Gasteiger partial charge in [-0.25, -0.2) is 0 Å². The highest BCUT2D eigenvalue weighted by molar-refractivity contribution is 7.80. The maximum atomic E-state index is 11.2. The summed E-state index contributed by atoms with van der Waals surface area (Å²) in [6.07, 6.45) is 7.73. The van der Waals surface area contributed by atoms with Gasteiger partial charge in [0.05, 0.1) is 25.2 Å². The molecule has 7 nitrogen and oxygen atoms in total. The lowest BCUT2D eigenvalue weighted by atomic mass is 10.1. The number of aromatic nitrogens is 1. The molecule has 0 aliphatic carbocycles. The Kier molecular flexibility index (Phi) is 12.1. The van der Waals surface area contributed by atoms with Crippen molar-refractivity contribution in [2.24, 2.45) is 0 Å². The van der Waals surface area contributed by atoms with E-state index in [0.29, 0.717) is 13.2 Å². The van der Waals surface area contributed by atoms with Crippen molar-refractivity contribution in [3.8, 4) is 11.5 Å². The van der Waals surface area contributed by atoms with E-state index in [4.69, 9.17) is 14.6 Å². The van der Waals surface area contributed by atoms with Crippen LogP contribution in [-0.4, -0.2) is 39.9 Å². The Morgan fingerprint density at radius 3 is 1.93 bits per heavy atom. The predicted molar refractivity (Wildman–Crippen MR) is 177 cm³/mol. The van der Waals surface area contributed by atoms with Crippen molar-refractivity contribution in [1.29, 1.82) is 0 Å². The molecule has 0 unspecified atom stereocenters. The van der Waals surface area contributed by atoms with Crippen LogP contribution < -0.4 is 9.47 Å². The SMILES string of the molecule is O=C(O)Cc1ccccc1.O=C(O)Cn1cc(S)c2cccc(/C=C/c3ccc(OCCCCOc4ccccc4)cc3)c21. The van der Waals surface area contributed by atoms with E-state index in [9.17, 15) is 14.7 Å². The van der Waals surface area contributed by atoms with E-state index >= 15 is 0 Å². The smallest absolute Gasteiger partial charge is 0.323 e. The topological polar surface area (TPSA) is 98.0 Å². The first kappa shape index (κ1) is 32.0. The molecular weight excluding hydrogens is 574 g/mol. The average Bonchev–Trinajstić information content (AvgIpc) is 3.34. The number of fused-ring (bicyclic) bond motifs is 1. The minimum atomic E-state index is -0.886. The number of rotatable bonds is 13. The fourth-order valence-corrected chi connectivity index (χ4v) is 4.83. The highest BCUT2D eigenvalue weighted by Crippen LogP contribution is 2.28. The van der Waals surface area contributed by atoms with Crippen LogP contribution in [0, 0.1) is 0 Å². The van der Waals surface area contributed by atoms with E-state index in [1.807, 2.05) is 103 Å². The maximum absolute atomic E-state index is 11.2. The summed E-state index contributed by atoms with van der Waals surface area (Å²) in [7, 11) is 0. The van der Waals surface area contributed by atoms with Gasteiger partial charge in [0.15, 0.2) is 0 Å². The second kappa shape index (κ2) is 16.6. The van der Waals surface area contributed by atoms with Crippen molar-refractivity contribution in [1.82, 2.24) is 4.57 Å². The Morgan fingerprint density at radius 2 is 1.32 bits per heavy atom. The van der Waals surface area contributed by atoms with Gasteiger partial charge in [0, 0.05) is 16.5 Å². The molecule has 0 spiro atoms. The minimum Gasteiger partial charge on any atom is -0.494 e. The molecule has 8 heteroatoms. The van der Waals surface area contributed by atoms with E-state index in [-0.39, 0.29) is 13.0 Å². The largest absolute Gasteiger partial charge is 0.494 e. The van der Waals surface area contributed by atoms with Crippen molar-refractivity contribution in [3.05, 3.63) is 126 Å². The summed E-state index contributed by atoms with van der Waals surface area (Å²) in [6, 6.07) is 32.8. The summed E-state index contributed by atoms with van der Waals surface area (Å²) < 4.78 is 13.3. The number of carboxylic acids is 2. The third kappa shape index (κ3) is 10.1. The van der Waals surface area contributed by atoms with Gasteiger partial charge >= 0.3 is 11.9 Å². The quantitative estimate of drug-likeness (QED) is 0.0718. The zero-order chi connectivity index (χ0) is 31.1. The van der Waals surface area contributed by atoms with E-state index in [1.165, 1.54) is 0 Å². The third-order valence-corrected chi connectivity index (χ3v) is 6.92. The Labute approximate surface area is 262 Å². The molecule has 0 aliphatic rings. The molecule has 226 valence electrons. The molecule has 0 saturated carbocycles. The molecular formula is C36H35NO6S. The monoisotopic (exact) mass is 609 g/mol. The molecule has 4 aromatic carbocycles. The van der Waals surface area contributed by atoms with Crippen LogP contribution in [-0.2, 0) is 22.6 Å². The lowest BCUT2D eigenvalue weighted by Gasteiger charge is -2.08. The van der Waals surface area contributed by atoms with Gasteiger partial charge < -0.3 is 24.3 Å². The standard InChI is InChI=1S/C28H27NO4S.C8H8O2/c30-27(31)20-29-19-26(34)25-10-6-7-22(28(25)29)14-11-21-12-15-24(16-13-21)33-18-5-4-17-32-23-8-2-1-3-9-23;9-8(10)6-7-4-2-1-3-5-7/h1-3,6-16,19,34H,4-5,17-18,20H2,(H,30,31);1-5H,6H2,(H,9,10)/b14-11+;. The summed E-state index contributed by atoms with van der Waals surface area (Å²) in [5.74, 6) is 0.0530. The van der Waals surface area contributed by atoms with Crippen LogP contribution >= 0.6 is 12.6 Å². The van der Waals surface area contributed by atoms with Gasteiger partial charge in [0.25, 0.3) is 0 Å². The van der Waals surface area contributed by atoms with Gasteiger partial charge in [-0.05, 0) is 53.8 Å². The number of thiol groups is 1. The second-order valence-electron chi connectivity index (χ2n) is 9.95. The van der Waals surface area contributed by atoms with Crippen LogP contribution in [0.2, 0.25) is 0 Å². The Morgan fingerprint density at radius 1 is 0.705 bits per heavy atom. The molecule has 0 fully saturated rings. The lowest BCUT2D eigenvalue weighted by Crippen LogP contribution is -2.07. The van der Waals surface area contributed by atoms with Crippen molar-refractivity contribution in [2.75, 3.05) is 13.2 Å². The van der Waals surface area contributed by atoms with Crippen molar-refractivity contribution < 1.29 is 29.3 Å². The van der Waals surface area contributed by atoms with E-state index < -0.39 is 11.9 Å². The molecule has 1 aromatic heterocycles. The predicted octanol–water partition coefficient (Wildman–Crippen LogP) is 7.74. The lowest BCUT2D eigenvalue weighted by molar-refractivity contribution is -0.138. The first-order valence-corrected chi connectivity index (χ1v) is 14.7. The summed E-state index contributed by atoms with van der Waals surface area (Å²) >= 11 is 4.49. The first-order chi connectivity index (χ1) is 21.4. The zero-order valence-corrected chi connectivity index (χ0v) is 25.1. The molecule has 0 atom stereocenters. The molecule has 5 rings (SSSR count). The number of hydrogen-bond acceptors (Lipinski definition) is 5. The second-order valence-corrected chi connectivity index (χ2v) is 10.4. The first-order valence-electron chi connectivity index (χ1n) is 14.3. The van der Waals surface area contributed by atoms with Gasteiger partial charge in [-0.2, -0.15) is 0 Å². The van der Waals surface area contributed by atoms with E-state index in [0.717, 1.165) is 56.8 Å². The number of ether oxygens (including phenoxy) is 2. The highest BCUT2D eigenvalue weighted by Gasteiger charge is 2.11. The summed E-state index contributed by atoms with van der Waals surface area (Å²) in [5, 5.41) is 18.5. The number of benzene rings is 4. The van der Waals surface area contributed by atoms with E-state index in [1.54, 1.807) is 22.9 Å². The van der Waals surface area contributed by atoms with Gasteiger partial charge in [-0.1, -0.05) is 91.0 Å². The molecule has 0 radical (unpaired) electrons. The van der Waals surface area contributed by atoms with Crippen molar-refractivity contribution >= 4 is 47.6 Å². The van der Waals surface area contributed by atoms with Gasteiger partial charge in [0.1, 0.15) is 18.0 Å². The number of unbranched alkanes of at least 4 members (excludes halogenated alkanes) is 1. The summed E-state index contributed by atoms with van der Waals surface area (Å²) in [4.78, 5) is 22.2. The van der Waals surface area contributed by atoms with Crippen molar-refractivity contribution in [2.45, 2.75) is 30.7 Å². The average molecular weight is 610 g/mol. The Bertz CT molecular complexity index is 1660. The van der Waals surface area contributed by atoms with Gasteiger partial charge in [0.2, 0.25) is 0 Å². The minimum absolute atomic E-state index is 0.105. The van der Waals surface area contributed by atoms with Gasteiger partial charge in [-0.3, -0.25) is 9.59 Å². The molecule has 2 N–H and O–H groups in total. The Hall–Kier alpha value is -4.95. The van der Waals surface area contributed by atoms with Crippen LogP contribution in [0.5, 0.6) is 11.5 Å². The maximum Gasteiger partial charge on any atom is 0.323 e. The van der Waals surface area contributed by atoms with E-state index in [2.05, 4.69) is 12.6 Å². The van der Waals surface area contributed by atoms with Crippen LogP contribution in [0.4, 0.5) is 0 Å². The fraction of sp³-hybridized carbons (Fsp3) is 0.167. The highest BCUT2D eigenvalue weighted by atomic mass is 32.1. The zero-order valence-electron chi connectivity index (χ0n) is 24.2. The number of hydrogen-bond donors (Lipinski definition) is 3. The van der Waals surface area contributed by atoms with Crippen LogP contribution in [0.15, 0.2) is 114 Å². The molecule has 0 aliphatic heterocycles. The molecule has 1 heterocycles. The molecule has 44 heavy (non-hydrogen) atoms. The third-order valence-electron chi connectivity index (χ3n) is 6.57. The molecule has 0 bridgehead atoms. The van der Waals surface area contributed by atoms with Crippen LogP contribution in [0.3, 0.4) is 0 Å². The van der Waals surface area contributed by atoms with Crippen molar-refractivity contribution in [3.63, 3.8) is 0 Å². The van der Waals surface area contributed by atoms with Crippen LogP contribution in [0.1, 0.15) is 29.5 Å².